The maximum atomic E-state index is 12.0. The van der Waals surface area contributed by atoms with E-state index in [9.17, 15) is 4.79 Å². The minimum Gasteiger partial charge on any atom is -0.355 e. The zero-order chi connectivity index (χ0) is 19.5. The maximum absolute atomic E-state index is 12.0. The van der Waals surface area contributed by atoms with Crippen molar-refractivity contribution in [2.45, 2.75) is 45.1 Å². The zero-order valence-electron chi connectivity index (χ0n) is 17.5. The van der Waals surface area contributed by atoms with Crippen LogP contribution in [0.15, 0.2) is 35.3 Å². The highest BCUT2D eigenvalue weighted by Gasteiger charge is 2.27. The van der Waals surface area contributed by atoms with Crippen LogP contribution in [0.1, 0.15) is 38.7 Å². The molecule has 1 fully saturated rings. The topological polar surface area (TPSA) is 68.8 Å². The van der Waals surface area contributed by atoms with Gasteiger partial charge in [0.15, 0.2) is 5.96 Å². The van der Waals surface area contributed by atoms with E-state index < -0.39 is 0 Å². The monoisotopic (exact) mass is 501 g/mol. The van der Waals surface area contributed by atoms with Gasteiger partial charge in [0.2, 0.25) is 5.91 Å². The Balaban J connectivity index is 0.00000392. The van der Waals surface area contributed by atoms with E-state index in [1.165, 1.54) is 24.8 Å². The Labute approximate surface area is 187 Å². The van der Waals surface area contributed by atoms with Crippen LogP contribution in [-0.2, 0) is 11.2 Å². The molecule has 0 spiro atoms. The minimum atomic E-state index is -0.0239. The zero-order valence-corrected chi connectivity index (χ0v) is 19.8. The third-order valence-electron chi connectivity index (χ3n) is 5.12. The van der Waals surface area contributed by atoms with E-state index in [-0.39, 0.29) is 42.0 Å². The molecular formula is C21H36IN5O. The number of likely N-dealkylation sites (tertiary alicyclic amines) is 1. The first kappa shape index (κ1) is 24.7. The van der Waals surface area contributed by atoms with Crippen LogP contribution in [0, 0.1) is 0 Å². The normalized spacial score (nSPS) is 15.5. The second-order valence-electron chi connectivity index (χ2n) is 7.73. The van der Waals surface area contributed by atoms with Crippen LogP contribution in [0.5, 0.6) is 0 Å². The second-order valence-corrected chi connectivity index (χ2v) is 7.73. The van der Waals surface area contributed by atoms with Gasteiger partial charge >= 0.3 is 0 Å². The molecule has 0 atom stereocenters. The van der Waals surface area contributed by atoms with Crippen molar-refractivity contribution in [2.24, 2.45) is 4.99 Å². The first-order chi connectivity index (χ1) is 13.0. The molecule has 0 unspecified atom stereocenters. The fourth-order valence-electron chi connectivity index (χ4n) is 3.35. The minimum absolute atomic E-state index is 0. The van der Waals surface area contributed by atoms with Crippen molar-refractivity contribution in [3.8, 4) is 0 Å². The van der Waals surface area contributed by atoms with Crippen molar-refractivity contribution < 1.29 is 4.79 Å². The van der Waals surface area contributed by atoms with Crippen molar-refractivity contribution >= 4 is 35.8 Å². The Morgan fingerprint density at radius 2 is 1.75 bits per heavy atom. The molecule has 1 aliphatic rings. The lowest BCUT2D eigenvalue weighted by Gasteiger charge is -2.41. The third-order valence-corrected chi connectivity index (χ3v) is 5.12. The summed E-state index contributed by atoms with van der Waals surface area (Å²) >= 11 is 0. The average molecular weight is 501 g/mol. The van der Waals surface area contributed by atoms with Gasteiger partial charge in [-0.25, -0.2) is 0 Å². The van der Waals surface area contributed by atoms with Crippen LogP contribution in [-0.4, -0.2) is 62.1 Å². The summed E-state index contributed by atoms with van der Waals surface area (Å²) in [6, 6.07) is 10.2. The van der Waals surface area contributed by atoms with Crippen molar-refractivity contribution in [3.63, 3.8) is 0 Å². The number of nitrogens with one attached hydrogen (secondary N) is 3. The van der Waals surface area contributed by atoms with Gasteiger partial charge in [-0.2, -0.15) is 0 Å². The molecule has 1 aromatic carbocycles. The van der Waals surface area contributed by atoms with E-state index in [1.807, 2.05) is 18.2 Å². The first-order valence-electron chi connectivity index (χ1n) is 10.0. The number of guanidine groups is 1. The highest BCUT2D eigenvalue weighted by atomic mass is 127. The lowest BCUT2D eigenvalue weighted by Crippen LogP contribution is -2.55. The second kappa shape index (κ2) is 13.0. The number of carbonyl (C=O) groups is 1. The lowest BCUT2D eigenvalue weighted by molar-refractivity contribution is -0.119. The molecule has 0 bridgehead atoms. The summed E-state index contributed by atoms with van der Waals surface area (Å²) in [7, 11) is 1.73. The fourth-order valence-corrected chi connectivity index (χ4v) is 3.35. The first-order valence-corrected chi connectivity index (χ1v) is 10.0. The molecule has 2 rings (SSSR count). The molecule has 0 aliphatic carbocycles. The smallest absolute Gasteiger partial charge is 0.239 e. The van der Waals surface area contributed by atoms with Crippen LogP contribution in [0.3, 0.4) is 0 Å². The number of nitrogens with zero attached hydrogens (tertiary/aromatic N) is 2. The molecule has 1 saturated heterocycles. The van der Waals surface area contributed by atoms with Gasteiger partial charge in [-0.15, -0.1) is 24.0 Å². The van der Waals surface area contributed by atoms with Crippen molar-refractivity contribution in [2.75, 3.05) is 39.8 Å². The summed E-state index contributed by atoms with van der Waals surface area (Å²) < 4.78 is 0. The van der Waals surface area contributed by atoms with E-state index in [0.717, 1.165) is 26.1 Å². The molecule has 1 amide bonds. The van der Waals surface area contributed by atoms with Crippen LogP contribution in [0.25, 0.3) is 0 Å². The maximum Gasteiger partial charge on any atom is 0.239 e. The number of carbonyl (C=O) groups excluding carboxylic acids is 1. The quantitative estimate of drug-likeness (QED) is 0.291. The third kappa shape index (κ3) is 8.77. The van der Waals surface area contributed by atoms with E-state index in [1.54, 1.807) is 7.05 Å². The van der Waals surface area contributed by atoms with Gasteiger partial charge in [0.05, 0.1) is 6.54 Å². The molecule has 1 aliphatic heterocycles. The van der Waals surface area contributed by atoms with Gasteiger partial charge in [0.1, 0.15) is 0 Å². The fraction of sp³-hybridized carbons (Fsp3) is 0.619. The molecule has 1 aromatic rings. The summed E-state index contributed by atoms with van der Waals surface area (Å²) in [5, 5.41) is 9.41. The Morgan fingerprint density at radius 1 is 1.07 bits per heavy atom. The van der Waals surface area contributed by atoms with Crippen molar-refractivity contribution in [1.82, 2.24) is 20.9 Å². The Hall–Kier alpha value is -1.35. The summed E-state index contributed by atoms with van der Waals surface area (Å²) in [4.78, 5) is 18.8. The van der Waals surface area contributed by atoms with E-state index in [0.29, 0.717) is 12.5 Å². The van der Waals surface area contributed by atoms with Gasteiger partial charge in [-0.1, -0.05) is 36.8 Å². The number of aliphatic imine (C=N–C) groups is 1. The Morgan fingerprint density at radius 3 is 2.39 bits per heavy atom. The van der Waals surface area contributed by atoms with Gasteiger partial charge in [-0.3, -0.25) is 14.7 Å². The van der Waals surface area contributed by atoms with Crippen LogP contribution >= 0.6 is 24.0 Å². The van der Waals surface area contributed by atoms with Crippen LogP contribution < -0.4 is 16.0 Å². The summed E-state index contributed by atoms with van der Waals surface area (Å²) in [6.45, 7) is 8.48. The number of hydrogen-bond donors (Lipinski definition) is 3. The summed E-state index contributed by atoms with van der Waals surface area (Å²) in [6.07, 6.45) is 4.73. The highest BCUT2D eigenvalue weighted by molar-refractivity contribution is 14.0. The summed E-state index contributed by atoms with van der Waals surface area (Å²) in [5.41, 5.74) is 1.29. The number of amides is 1. The molecule has 3 N–H and O–H groups in total. The molecule has 0 radical (unpaired) electrons. The molecule has 1 heterocycles. The molecule has 158 valence electrons. The number of benzene rings is 1. The van der Waals surface area contributed by atoms with E-state index in [2.05, 4.69) is 51.8 Å². The lowest BCUT2D eigenvalue weighted by atomic mass is 9.98. The van der Waals surface area contributed by atoms with Gasteiger partial charge in [0.25, 0.3) is 0 Å². The Kier molecular flexibility index (Phi) is 11.4. The molecule has 6 nitrogen and oxygen atoms in total. The molecular weight excluding hydrogens is 465 g/mol. The number of rotatable bonds is 8. The number of hydrogen-bond acceptors (Lipinski definition) is 3. The molecule has 28 heavy (non-hydrogen) atoms. The van der Waals surface area contributed by atoms with Gasteiger partial charge < -0.3 is 16.0 Å². The van der Waals surface area contributed by atoms with Gasteiger partial charge in [-0.05, 0) is 51.8 Å². The number of halogens is 1. The van der Waals surface area contributed by atoms with Crippen LogP contribution in [0.4, 0.5) is 0 Å². The highest BCUT2D eigenvalue weighted by Crippen LogP contribution is 2.19. The standard InChI is InChI=1S/C21H35N5O.HI/c1-21(2,26-14-8-5-9-15-26)17-25-20(22-3)24-16-19(27)23-13-12-18-10-6-4-7-11-18;/h4,6-7,10-11H,5,8-9,12-17H2,1-3H3,(H,23,27)(H2,22,24,25);1H. The molecule has 7 heteroatoms. The van der Waals surface area contributed by atoms with Gasteiger partial charge in [0, 0.05) is 25.7 Å². The predicted molar refractivity (Wildman–Crippen MR) is 127 cm³/mol. The van der Waals surface area contributed by atoms with E-state index >= 15 is 0 Å². The molecule has 0 aromatic heterocycles. The van der Waals surface area contributed by atoms with Crippen LogP contribution in [0.2, 0.25) is 0 Å². The van der Waals surface area contributed by atoms with Crippen molar-refractivity contribution in [1.29, 1.82) is 0 Å². The molecule has 0 saturated carbocycles. The average Bonchev–Trinajstić information content (AvgIpc) is 2.69. The number of piperidine rings is 1. The SMILES string of the molecule is CN=C(NCC(=O)NCCc1ccccc1)NCC(C)(C)N1CCCCC1.I. The summed E-state index contributed by atoms with van der Waals surface area (Å²) in [5.74, 6) is 0.641. The van der Waals surface area contributed by atoms with Crippen molar-refractivity contribution in [3.05, 3.63) is 35.9 Å². The largest absolute Gasteiger partial charge is 0.355 e. The predicted octanol–water partition coefficient (Wildman–Crippen LogP) is 2.39. The van der Waals surface area contributed by atoms with E-state index in [4.69, 9.17) is 0 Å². The Bertz CT molecular complexity index is 600.